The molecule has 1 aliphatic carbocycles. The highest BCUT2D eigenvalue weighted by Gasteiger charge is 2.54. The molecular formula is C13H15F3O3. The van der Waals surface area contributed by atoms with Crippen LogP contribution in [0.4, 0.5) is 13.2 Å². The van der Waals surface area contributed by atoms with Crippen molar-refractivity contribution in [3.05, 3.63) is 24.3 Å². The minimum absolute atomic E-state index is 0.0171. The molecular weight excluding hydrogens is 261 g/mol. The first-order valence-corrected chi connectivity index (χ1v) is 5.88. The number of carbonyl (C=O) groups is 2. The Morgan fingerprint density at radius 3 is 2.68 bits per heavy atom. The van der Waals surface area contributed by atoms with Crippen LogP contribution in [0.15, 0.2) is 24.3 Å². The van der Waals surface area contributed by atoms with E-state index in [1.807, 2.05) is 0 Å². The Labute approximate surface area is 109 Å². The van der Waals surface area contributed by atoms with E-state index < -0.39 is 28.9 Å². The molecule has 0 saturated carbocycles. The highest BCUT2D eigenvalue weighted by atomic mass is 19.4. The molecule has 0 saturated heterocycles. The second-order valence-corrected chi connectivity index (χ2v) is 4.32. The quantitative estimate of drug-likeness (QED) is 0.585. The van der Waals surface area contributed by atoms with Crippen molar-refractivity contribution in [3.63, 3.8) is 0 Å². The van der Waals surface area contributed by atoms with E-state index in [1.165, 1.54) is 13.0 Å². The number of hydrogen-bond donors (Lipinski definition) is 0. The van der Waals surface area contributed by atoms with Gasteiger partial charge in [-0.15, -0.1) is 6.58 Å². The van der Waals surface area contributed by atoms with E-state index in [4.69, 9.17) is 4.74 Å². The number of rotatable bonds is 4. The van der Waals surface area contributed by atoms with Crippen molar-refractivity contribution >= 4 is 11.8 Å². The van der Waals surface area contributed by atoms with Crippen LogP contribution in [0.25, 0.3) is 0 Å². The average Bonchev–Trinajstić information content (AvgIpc) is 2.31. The third-order valence-electron chi connectivity index (χ3n) is 3.08. The van der Waals surface area contributed by atoms with Crippen molar-refractivity contribution in [2.75, 3.05) is 6.61 Å². The zero-order chi connectivity index (χ0) is 14.7. The number of halogens is 3. The smallest absolute Gasteiger partial charge is 0.413 e. The summed E-state index contributed by atoms with van der Waals surface area (Å²) in [5.74, 6) is -1.58. The summed E-state index contributed by atoms with van der Waals surface area (Å²) in [6.45, 7) is 4.89. The van der Waals surface area contributed by atoms with Crippen LogP contribution in [0, 0.1) is 5.41 Å². The summed E-state index contributed by atoms with van der Waals surface area (Å²) < 4.78 is 44.0. The Kier molecular flexibility index (Phi) is 4.55. The van der Waals surface area contributed by atoms with Gasteiger partial charge in [0.2, 0.25) is 0 Å². The zero-order valence-electron chi connectivity index (χ0n) is 10.5. The predicted molar refractivity (Wildman–Crippen MR) is 62.3 cm³/mol. The van der Waals surface area contributed by atoms with Gasteiger partial charge in [0.1, 0.15) is 5.41 Å². The molecule has 19 heavy (non-hydrogen) atoms. The molecule has 0 heterocycles. The van der Waals surface area contributed by atoms with E-state index in [2.05, 4.69) is 6.58 Å². The molecule has 0 aliphatic heterocycles. The highest BCUT2D eigenvalue weighted by molar-refractivity contribution is 5.95. The minimum Gasteiger partial charge on any atom is -0.465 e. The summed E-state index contributed by atoms with van der Waals surface area (Å²) in [6.07, 6.45) is -3.50. The van der Waals surface area contributed by atoms with Gasteiger partial charge in [-0.1, -0.05) is 6.08 Å². The summed E-state index contributed by atoms with van der Waals surface area (Å²) in [7, 11) is 0. The summed E-state index contributed by atoms with van der Waals surface area (Å²) in [5.41, 5.74) is -2.97. The van der Waals surface area contributed by atoms with Crippen molar-refractivity contribution in [2.45, 2.75) is 32.4 Å². The predicted octanol–water partition coefficient (Wildman–Crippen LogP) is 2.96. The lowest BCUT2D eigenvalue weighted by molar-refractivity contribution is -0.162. The van der Waals surface area contributed by atoms with Gasteiger partial charge in [-0.3, -0.25) is 9.59 Å². The molecule has 0 amide bonds. The molecule has 106 valence electrons. The Morgan fingerprint density at radius 2 is 2.21 bits per heavy atom. The van der Waals surface area contributed by atoms with Crippen molar-refractivity contribution in [1.82, 2.24) is 0 Å². The maximum Gasteiger partial charge on any atom is 0.413 e. The molecule has 0 N–H and O–H groups in total. The van der Waals surface area contributed by atoms with Crippen LogP contribution in [0.2, 0.25) is 0 Å². The van der Waals surface area contributed by atoms with E-state index in [0.29, 0.717) is 6.08 Å². The van der Waals surface area contributed by atoms with Crippen LogP contribution in [0.1, 0.15) is 26.2 Å². The first-order valence-electron chi connectivity index (χ1n) is 5.88. The lowest BCUT2D eigenvalue weighted by Gasteiger charge is -2.36. The van der Waals surface area contributed by atoms with Crippen LogP contribution in [-0.4, -0.2) is 24.5 Å². The maximum atomic E-state index is 13.1. The van der Waals surface area contributed by atoms with Crippen LogP contribution in [-0.2, 0) is 14.3 Å². The number of carbonyl (C=O) groups excluding carboxylic acids is 2. The van der Waals surface area contributed by atoms with Crippen LogP contribution in [0.3, 0.4) is 0 Å². The molecule has 1 rings (SSSR count). The molecule has 0 aromatic heterocycles. The first kappa shape index (κ1) is 15.5. The van der Waals surface area contributed by atoms with Gasteiger partial charge in [0.25, 0.3) is 0 Å². The SMILES string of the molecule is C=CCC1(C(=O)OCC)CCC(=O)C=C1C(F)(F)F. The standard InChI is InChI=1S/C13H15F3O3/c1-3-6-12(11(18)19-4-2)7-5-9(17)8-10(12)13(14,15)16/h3,8H,1,4-7H2,2H3. The fourth-order valence-corrected chi connectivity index (χ4v) is 2.22. The molecule has 6 heteroatoms. The Balaban J connectivity index is 3.34. The average molecular weight is 276 g/mol. The van der Waals surface area contributed by atoms with Crippen LogP contribution in [0.5, 0.6) is 0 Å². The topological polar surface area (TPSA) is 43.4 Å². The van der Waals surface area contributed by atoms with E-state index >= 15 is 0 Å². The summed E-state index contributed by atoms with van der Waals surface area (Å²) in [4.78, 5) is 23.2. The maximum absolute atomic E-state index is 13.1. The van der Waals surface area contributed by atoms with Gasteiger partial charge in [0, 0.05) is 6.42 Å². The van der Waals surface area contributed by atoms with Crippen molar-refractivity contribution < 1.29 is 27.5 Å². The molecule has 3 nitrogen and oxygen atoms in total. The Morgan fingerprint density at radius 1 is 1.58 bits per heavy atom. The van der Waals surface area contributed by atoms with Crippen LogP contribution >= 0.6 is 0 Å². The van der Waals surface area contributed by atoms with Crippen LogP contribution < -0.4 is 0 Å². The van der Waals surface area contributed by atoms with E-state index in [-0.39, 0.29) is 25.9 Å². The molecule has 1 atom stereocenters. The summed E-state index contributed by atoms with van der Waals surface area (Å²) >= 11 is 0. The molecule has 1 aliphatic rings. The molecule has 1 unspecified atom stereocenters. The van der Waals surface area contributed by atoms with Gasteiger partial charge in [0.05, 0.1) is 12.2 Å². The number of ether oxygens (including phenoxy) is 1. The fourth-order valence-electron chi connectivity index (χ4n) is 2.22. The summed E-state index contributed by atoms with van der Waals surface area (Å²) in [6, 6.07) is 0. The molecule has 0 fully saturated rings. The third kappa shape index (κ3) is 3.05. The van der Waals surface area contributed by atoms with Crippen molar-refractivity contribution in [2.24, 2.45) is 5.41 Å². The molecule has 0 aromatic carbocycles. The highest BCUT2D eigenvalue weighted by Crippen LogP contribution is 2.48. The molecule has 0 aromatic rings. The Hall–Kier alpha value is -1.59. The van der Waals surface area contributed by atoms with Crippen molar-refractivity contribution in [3.8, 4) is 0 Å². The van der Waals surface area contributed by atoms with Gasteiger partial charge in [-0.25, -0.2) is 0 Å². The second-order valence-electron chi connectivity index (χ2n) is 4.32. The van der Waals surface area contributed by atoms with Gasteiger partial charge < -0.3 is 4.74 Å². The van der Waals surface area contributed by atoms with E-state index in [1.54, 1.807) is 0 Å². The number of alkyl halides is 3. The second kappa shape index (κ2) is 5.59. The van der Waals surface area contributed by atoms with Gasteiger partial charge in [-0.05, 0) is 25.8 Å². The monoisotopic (exact) mass is 276 g/mol. The lowest BCUT2D eigenvalue weighted by atomic mass is 9.69. The molecule has 0 spiro atoms. The third-order valence-corrected chi connectivity index (χ3v) is 3.08. The number of ketones is 1. The molecule has 0 radical (unpaired) electrons. The van der Waals surface area contributed by atoms with Gasteiger partial charge >= 0.3 is 12.1 Å². The normalized spacial score (nSPS) is 23.8. The van der Waals surface area contributed by atoms with E-state index in [0.717, 1.165) is 0 Å². The van der Waals surface area contributed by atoms with Gasteiger partial charge in [-0.2, -0.15) is 13.2 Å². The Bertz CT molecular complexity index is 423. The first-order chi connectivity index (χ1) is 8.78. The molecule has 0 bridgehead atoms. The summed E-state index contributed by atoms with van der Waals surface area (Å²) in [5, 5.41) is 0. The number of esters is 1. The van der Waals surface area contributed by atoms with E-state index in [9.17, 15) is 22.8 Å². The lowest BCUT2D eigenvalue weighted by Crippen LogP contribution is -2.42. The van der Waals surface area contributed by atoms with Crippen molar-refractivity contribution in [1.29, 1.82) is 0 Å². The number of hydrogen-bond acceptors (Lipinski definition) is 3. The minimum atomic E-state index is -4.74. The number of allylic oxidation sites excluding steroid dienone is 2. The zero-order valence-corrected chi connectivity index (χ0v) is 10.5. The largest absolute Gasteiger partial charge is 0.465 e. The fraction of sp³-hybridized carbons (Fsp3) is 0.538. The van der Waals surface area contributed by atoms with Gasteiger partial charge in [0.15, 0.2) is 5.78 Å².